The van der Waals surface area contributed by atoms with Crippen LogP contribution in [0.2, 0.25) is 0 Å². The molecule has 1 aliphatic heterocycles. The lowest BCUT2D eigenvalue weighted by atomic mass is 9.95. The average Bonchev–Trinajstić information content (AvgIpc) is 3.55. The minimum Gasteiger partial charge on any atom is -0.352 e. The van der Waals surface area contributed by atoms with Crippen LogP contribution in [0, 0.1) is 5.92 Å². The molecule has 3 aliphatic rings. The van der Waals surface area contributed by atoms with Crippen molar-refractivity contribution in [3.05, 3.63) is 33.0 Å². The number of aryl methyl sites for hydroxylation is 1. The number of alkyl halides is 3. The third kappa shape index (κ3) is 5.11. The summed E-state index contributed by atoms with van der Waals surface area (Å²) < 4.78 is 41.7. The van der Waals surface area contributed by atoms with Crippen molar-refractivity contribution in [3.63, 3.8) is 0 Å². The molecule has 1 atom stereocenters. The molecule has 35 heavy (non-hydrogen) atoms. The Morgan fingerprint density at radius 2 is 1.83 bits per heavy atom. The van der Waals surface area contributed by atoms with E-state index in [1.807, 2.05) is 0 Å². The Hall–Kier alpha value is -2.40. The first-order valence-corrected chi connectivity index (χ1v) is 13.2. The minimum atomic E-state index is -4.55. The van der Waals surface area contributed by atoms with Gasteiger partial charge in [0.25, 0.3) is 5.91 Å². The highest BCUT2D eigenvalue weighted by atomic mass is 32.1. The number of hydrogen-bond acceptors (Lipinski definition) is 5. The van der Waals surface area contributed by atoms with Crippen LogP contribution in [0.5, 0.6) is 0 Å². The maximum absolute atomic E-state index is 13.5. The number of hydrogen-bond donors (Lipinski definition) is 3. The number of fused-ring (bicyclic) bond motifs is 2. The third-order valence-corrected chi connectivity index (χ3v) is 8.39. The first kappa shape index (κ1) is 24.3. The van der Waals surface area contributed by atoms with Gasteiger partial charge < -0.3 is 16.0 Å². The summed E-state index contributed by atoms with van der Waals surface area (Å²) in [6.07, 6.45) is 2.41. The molecular formula is C24H30F3N5O2S. The molecule has 190 valence electrons. The van der Waals surface area contributed by atoms with Gasteiger partial charge in [0.1, 0.15) is 11.5 Å². The molecule has 7 nitrogen and oxygen atoms in total. The Morgan fingerprint density at radius 3 is 2.57 bits per heavy atom. The first-order chi connectivity index (χ1) is 16.8. The number of aromatic nitrogens is 2. The van der Waals surface area contributed by atoms with Crippen molar-refractivity contribution in [1.29, 1.82) is 0 Å². The van der Waals surface area contributed by atoms with Gasteiger partial charge in [-0.25, -0.2) is 0 Å². The number of nitrogens with zero attached hydrogens (tertiary/aromatic N) is 2. The highest BCUT2D eigenvalue weighted by molar-refractivity contribution is 7.17. The van der Waals surface area contributed by atoms with Gasteiger partial charge in [0.05, 0.1) is 5.56 Å². The quantitative estimate of drug-likeness (QED) is 0.554. The Balaban J connectivity index is 1.35. The molecule has 1 fully saturated rings. The zero-order valence-corrected chi connectivity index (χ0v) is 20.3. The third-order valence-electron chi connectivity index (χ3n) is 7.18. The summed E-state index contributed by atoms with van der Waals surface area (Å²) in [6.45, 7) is 2.09. The van der Waals surface area contributed by atoms with Crippen LogP contribution < -0.4 is 16.0 Å². The van der Waals surface area contributed by atoms with Crippen LogP contribution in [0.4, 0.5) is 18.2 Å². The number of thiophene rings is 1. The zero-order chi connectivity index (χ0) is 24.6. The largest absolute Gasteiger partial charge is 0.435 e. The summed E-state index contributed by atoms with van der Waals surface area (Å²) in [5.41, 5.74) is 1.34. The number of anilines is 1. The lowest BCUT2D eigenvalue weighted by Crippen LogP contribution is -2.31. The summed E-state index contributed by atoms with van der Waals surface area (Å²) in [5, 5.41) is 13.4. The predicted octanol–water partition coefficient (Wildman–Crippen LogP) is 3.70. The lowest BCUT2D eigenvalue weighted by molar-refractivity contribution is -0.142. The maximum Gasteiger partial charge on any atom is 0.435 e. The van der Waals surface area contributed by atoms with Gasteiger partial charge in [-0.3, -0.25) is 14.3 Å². The van der Waals surface area contributed by atoms with E-state index in [1.54, 1.807) is 0 Å². The Morgan fingerprint density at radius 1 is 1.09 bits per heavy atom. The predicted molar refractivity (Wildman–Crippen MR) is 127 cm³/mol. The van der Waals surface area contributed by atoms with Gasteiger partial charge in [0.15, 0.2) is 5.69 Å². The van der Waals surface area contributed by atoms with E-state index in [2.05, 4.69) is 21.0 Å². The molecule has 0 radical (unpaired) electrons. The summed E-state index contributed by atoms with van der Waals surface area (Å²) >= 11 is 1.41. The number of halogens is 3. The molecule has 11 heteroatoms. The van der Waals surface area contributed by atoms with Crippen LogP contribution in [0.1, 0.15) is 69.9 Å². The number of carbonyl (C=O) groups is 2. The average molecular weight is 510 g/mol. The smallest absolute Gasteiger partial charge is 0.352 e. The molecule has 0 spiro atoms. The van der Waals surface area contributed by atoms with E-state index in [9.17, 15) is 22.8 Å². The van der Waals surface area contributed by atoms with Crippen molar-refractivity contribution < 1.29 is 22.8 Å². The molecule has 0 aromatic carbocycles. The van der Waals surface area contributed by atoms with Gasteiger partial charge in [-0.2, -0.15) is 18.3 Å². The van der Waals surface area contributed by atoms with E-state index < -0.39 is 17.8 Å². The lowest BCUT2D eigenvalue weighted by Gasteiger charge is -2.15. The van der Waals surface area contributed by atoms with Crippen molar-refractivity contribution in [1.82, 2.24) is 20.4 Å². The second kappa shape index (κ2) is 9.93. The van der Waals surface area contributed by atoms with Gasteiger partial charge in [-0.15, -0.1) is 11.3 Å². The molecular weight excluding hydrogens is 479 g/mol. The van der Waals surface area contributed by atoms with Crippen LogP contribution >= 0.6 is 11.3 Å². The van der Waals surface area contributed by atoms with E-state index in [4.69, 9.17) is 0 Å². The molecule has 3 heterocycles. The zero-order valence-electron chi connectivity index (χ0n) is 19.5. The van der Waals surface area contributed by atoms with Crippen molar-refractivity contribution in [2.24, 2.45) is 5.92 Å². The van der Waals surface area contributed by atoms with Gasteiger partial charge in [0.2, 0.25) is 5.91 Å². The molecule has 1 saturated heterocycles. The summed E-state index contributed by atoms with van der Waals surface area (Å²) in [7, 11) is 0. The maximum atomic E-state index is 13.5. The van der Waals surface area contributed by atoms with Crippen LogP contribution in [0.25, 0.3) is 0 Å². The van der Waals surface area contributed by atoms with E-state index in [0.29, 0.717) is 48.0 Å². The topological polar surface area (TPSA) is 88.0 Å². The number of nitrogens with one attached hydrogen (secondary N) is 3. The second-order valence-corrected chi connectivity index (χ2v) is 10.8. The molecule has 2 aliphatic carbocycles. The van der Waals surface area contributed by atoms with Crippen LogP contribution in [-0.4, -0.2) is 41.2 Å². The molecule has 0 bridgehead atoms. The second-order valence-electron chi connectivity index (χ2n) is 9.67. The highest BCUT2D eigenvalue weighted by Gasteiger charge is 2.39. The fraction of sp³-hybridized carbons (Fsp3) is 0.625. The van der Waals surface area contributed by atoms with E-state index in [1.165, 1.54) is 16.0 Å². The fourth-order valence-electron chi connectivity index (χ4n) is 5.44. The van der Waals surface area contributed by atoms with E-state index in [-0.39, 0.29) is 18.0 Å². The SMILES string of the molecule is O=C(Cn1nc(C(F)(F)F)c2c1CCCC2)Nc1sc2c(c1C(=O)NC[C@@H]1CCNC1)CCCC2. The standard InChI is InChI=1S/C24H30F3N5O2S/c25-24(26,27)21-15-5-1-3-7-17(15)32(31-21)13-19(33)30-23-20(16-6-2-4-8-18(16)35-23)22(34)29-12-14-9-10-28-11-14/h14,28H,1-13H2,(H,29,34)(H,30,33)/t14-/m1/s1. The molecule has 5 rings (SSSR count). The molecule has 2 aromatic rings. The van der Waals surface area contributed by atoms with Crippen LogP contribution in [-0.2, 0) is 43.2 Å². The van der Waals surface area contributed by atoms with Crippen molar-refractivity contribution in [2.45, 2.75) is 70.5 Å². The normalized spacial score (nSPS) is 19.8. The summed E-state index contributed by atoms with van der Waals surface area (Å²) in [4.78, 5) is 27.3. The van der Waals surface area contributed by atoms with E-state index in [0.717, 1.165) is 62.1 Å². The van der Waals surface area contributed by atoms with Gasteiger partial charge in [0, 0.05) is 22.7 Å². The fourth-order valence-corrected chi connectivity index (χ4v) is 6.74. The Kier molecular flexibility index (Phi) is 6.89. The molecule has 0 unspecified atom stereocenters. The Bertz CT molecular complexity index is 1120. The van der Waals surface area contributed by atoms with Crippen LogP contribution in [0.3, 0.4) is 0 Å². The number of carbonyl (C=O) groups excluding carboxylic acids is 2. The molecule has 3 N–H and O–H groups in total. The Labute approximate surface area is 205 Å². The minimum absolute atomic E-state index is 0.192. The van der Waals surface area contributed by atoms with Crippen LogP contribution in [0.15, 0.2) is 0 Å². The number of rotatable bonds is 6. The molecule has 0 saturated carbocycles. The van der Waals surface area contributed by atoms with Gasteiger partial charge in [-0.05, 0) is 82.4 Å². The van der Waals surface area contributed by atoms with Gasteiger partial charge in [-0.1, -0.05) is 0 Å². The van der Waals surface area contributed by atoms with Crippen molar-refractivity contribution >= 4 is 28.2 Å². The highest BCUT2D eigenvalue weighted by Crippen LogP contribution is 2.39. The van der Waals surface area contributed by atoms with Crippen molar-refractivity contribution in [3.8, 4) is 0 Å². The van der Waals surface area contributed by atoms with E-state index >= 15 is 0 Å². The number of amides is 2. The summed E-state index contributed by atoms with van der Waals surface area (Å²) in [6, 6.07) is 0. The molecule has 2 amide bonds. The molecule has 2 aromatic heterocycles. The van der Waals surface area contributed by atoms with Crippen molar-refractivity contribution in [2.75, 3.05) is 25.0 Å². The monoisotopic (exact) mass is 509 g/mol. The summed E-state index contributed by atoms with van der Waals surface area (Å²) in [5.74, 6) is -0.273. The van der Waals surface area contributed by atoms with Gasteiger partial charge >= 0.3 is 6.18 Å². The first-order valence-electron chi connectivity index (χ1n) is 12.4.